The normalized spacial score (nSPS) is 30.0. The van der Waals surface area contributed by atoms with Gasteiger partial charge in [0.05, 0.1) is 23.0 Å². The Kier molecular flexibility index (Phi) is 10.4. The first kappa shape index (κ1) is 34.8. The van der Waals surface area contributed by atoms with Crippen molar-refractivity contribution in [2.45, 2.75) is 89.1 Å². The molecule has 11 heteroatoms. The lowest BCUT2D eigenvalue weighted by atomic mass is 9.63. The van der Waals surface area contributed by atoms with Crippen LogP contribution in [0, 0.1) is 17.8 Å². The van der Waals surface area contributed by atoms with E-state index in [2.05, 4.69) is 9.62 Å². The van der Waals surface area contributed by atoms with Gasteiger partial charge in [-0.25, -0.2) is 13.1 Å². The Labute approximate surface area is 289 Å². The van der Waals surface area contributed by atoms with E-state index >= 15 is 0 Å². The maximum absolute atomic E-state index is 13.5. The third-order valence-corrected chi connectivity index (χ3v) is 13.2. The summed E-state index contributed by atoms with van der Waals surface area (Å²) in [7, 11) is -4.02. The highest BCUT2D eigenvalue weighted by Crippen LogP contribution is 2.46. The molecule has 1 saturated carbocycles. The van der Waals surface area contributed by atoms with Crippen LogP contribution in [0.25, 0.3) is 0 Å². The number of hydrogen-bond acceptors (Lipinski definition) is 7. The highest BCUT2D eigenvalue weighted by Gasteiger charge is 2.47. The van der Waals surface area contributed by atoms with Crippen molar-refractivity contribution in [3.63, 3.8) is 0 Å². The third-order valence-electron chi connectivity index (χ3n) is 11.1. The van der Waals surface area contributed by atoms with Crippen LogP contribution in [0.5, 0.6) is 5.75 Å². The number of halogens is 1. The highest BCUT2D eigenvalue weighted by molar-refractivity contribution is 7.90. The van der Waals surface area contributed by atoms with E-state index in [0.717, 1.165) is 56.1 Å². The number of ether oxygens (including phenoxy) is 1. The van der Waals surface area contributed by atoms with Crippen LogP contribution in [-0.4, -0.2) is 67.3 Å². The molecule has 2 amide bonds. The van der Waals surface area contributed by atoms with Gasteiger partial charge in [-0.05, 0) is 118 Å². The third kappa shape index (κ3) is 7.55. The molecule has 3 aliphatic heterocycles. The summed E-state index contributed by atoms with van der Waals surface area (Å²) in [6.45, 7) is 6.45. The quantitative estimate of drug-likeness (QED) is 0.377. The molecule has 1 aliphatic carbocycles. The van der Waals surface area contributed by atoms with Crippen LogP contribution < -0.4 is 14.4 Å². The molecule has 6 rings (SSSR count). The zero-order chi connectivity index (χ0) is 34.1. The van der Waals surface area contributed by atoms with Crippen molar-refractivity contribution in [2.75, 3.05) is 31.1 Å². The van der Waals surface area contributed by atoms with Gasteiger partial charge in [0.1, 0.15) is 12.4 Å². The standard InChI is InChI=1S/C37H48ClN3O6S/c1-25-8-7-16-37(44,22-35(42)40-17-5-6-18-40)32-14-11-29(32)23-41-19-4-3-9-27-20-31(38)13-10-30(27)24-47-34-15-12-28(21-33(34)41)36(43)39-48(45,46)26(25)2/h7,10,12-13,15-16,20-21,25-26,29,32,44H,3-6,8-9,11,14,17-19,22-24H2,1-2H3,(H,39,43)/b16-7+/t25-,26+,29-,32+,37-/m0/s1. The summed E-state index contributed by atoms with van der Waals surface area (Å²) in [5.41, 5.74) is 1.78. The number of nitrogens with one attached hydrogen (secondary N) is 1. The summed E-state index contributed by atoms with van der Waals surface area (Å²) in [5.74, 6) is -0.512. The molecule has 0 spiro atoms. The van der Waals surface area contributed by atoms with E-state index in [1.165, 1.54) is 0 Å². The van der Waals surface area contributed by atoms with Gasteiger partial charge in [0.2, 0.25) is 15.9 Å². The maximum atomic E-state index is 13.5. The molecule has 260 valence electrons. The summed E-state index contributed by atoms with van der Waals surface area (Å²) >= 11 is 6.35. The number of carbonyl (C=O) groups excluding carboxylic acids is 2. The first-order valence-corrected chi connectivity index (χ1v) is 19.4. The smallest absolute Gasteiger partial charge is 0.264 e. The van der Waals surface area contributed by atoms with E-state index < -0.39 is 26.8 Å². The van der Waals surface area contributed by atoms with Crippen molar-refractivity contribution in [1.82, 2.24) is 9.62 Å². The van der Waals surface area contributed by atoms with E-state index in [9.17, 15) is 23.1 Å². The Morgan fingerprint density at radius 2 is 1.81 bits per heavy atom. The number of sulfonamides is 1. The van der Waals surface area contributed by atoms with Gasteiger partial charge in [0.25, 0.3) is 5.91 Å². The minimum absolute atomic E-state index is 0.00756. The van der Waals surface area contributed by atoms with Crippen molar-refractivity contribution < 1.29 is 27.9 Å². The van der Waals surface area contributed by atoms with Crippen LogP contribution in [0.4, 0.5) is 5.69 Å². The Balaban J connectivity index is 1.39. The molecular weight excluding hydrogens is 650 g/mol. The maximum Gasteiger partial charge on any atom is 0.264 e. The molecule has 9 nitrogen and oxygen atoms in total. The molecule has 4 aliphatic rings. The second-order valence-electron chi connectivity index (χ2n) is 14.3. The van der Waals surface area contributed by atoms with Crippen molar-refractivity contribution >= 4 is 39.1 Å². The van der Waals surface area contributed by atoms with Crippen LogP contribution in [0.15, 0.2) is 48.6 Å². The number of rotatable bonds is 2. The minimum Gasteiger partial charge on any atom is -0.487 e. The summed E-state index contributed by atoms with van der Waals surface area (Å²) < 4.78 is 35.5. The number of aryl methyl sites for hydroxylation is 1. The number of hydrogen-bond donors (Lipinski definition) is 2. The van der Waals surface area contributed by atoms with Crippen LogP contribution in [-0.2, 0) is 27.8 Å². The lowest BCUT2D eigenvalue weighted by Gasteiger charge is -2.48. The fourth-order valence-corrected chi connectivity index (χ4v) is 9.19. The van der Waals surface area contributed by atoms with E-state index in [-0.39, 0.29) is 35.6 Å². The summed E-state index contributed by atoms with van der Waals surface area (Å²) in [6, 6.07) is 10.9. The van der Waals surface area contributed by atoms with Gasteiger partial charge in [0.15, 0.2) is 0 Å². The largest absolute Gasteiger partial charge is 0.487 e. The van der Waals surface area contributed by atoms with E-state index in [0.29, 0.717) is 55.7 Å². The molecule has 0 aromatic heterocycles. The second kappa shape index (κ2) is 14.4. The number of benzene rings is 2. The van der Waals surface area contributed by atoms with E-state index in [1.54, 1.807) is 31.2 Å². The van der Waals surface area contributed by atoms with E-state index in [1.807, 2.05) is 36.1 Å². The van der Waals surface area contributed by atoms with Gasteiger partial charge in [-0.2, -0.15) is 0 Å². The van der Waals surface area contributed by atoms with E-state index in [4.69, 9.17) is 16.3 Å². The number of carbonyl (C=O) groups is 2. The molecule has 5 atom stereocenters. The zero-order valence-corrected chi connectivity index (χ0v) is 29.6. The summed E-state index contributed by atoms with van der Waals surface area (Å²) in [5, 5.41) is 12.2. The van der Waals surface area contributed by atoms with Crippen LogP contribution in [0.2, 0.25) is 5.02 Å². The van der Waals surface area contributed by atoms with Crippen LogP contribution in [0.3, 0.4) is 0 Å². The Bertz CT molecular complexity index is 1660. The number of likely N-dealkylation sites (tertiary alicyclic amines) is 1. The van der Waals surface area contributed by atoms with Crippen molar-refractivity contribution in [3.05, 3.63) is 70.3 Å². The molecule has 2 aromatic carbocycles. The number of anilines is 1. The van der Waals surface area contributed by atoms with Gasteiger partial charge >= 0.3 is 0 Å². The van der Waals surface area contributed by atoms with Gasteiger partial charge < -0.3 is 19.6 Å². The minimum atomic E-state index is -4.02. The van der Waals surface area contributed by atoms with Gasteiger partial charge in [-0.3, -0.25) is 9.59 Å². The Morgan fingerprint density at radius 1 is 1.04 bits per heavy atom. The molecule has 48 heavy (non-hydrogen) atoms. The Hall–Kier alpha value is -3.08. The SMILES string of the molecule is C[C@@H]1[C@@H](C)C/C=C/[C@](O)(CC(=O)N2CCCC2)[C@@H]2CC[C@H]2CN2CCCCc3cc(Cl)ccc3COc3ccc(cc32)C(=O)NS1(=O)=O. The zero-order valence-electron chi connectivity index (χ0n) is 28.0. The molecular formula is C37H48ClN3O6S. The van der Waals surface area contributed by atoms with Gasteiger partial charge in [-0.1, -0.05) is 36.7 Å². The topological polar surface area (TPSA) is 116 Å². The Morgan fingerprint density at radius 3 is 2.56 bits per heavy atom. The molecule has 0 radical (unpaired) electrons. The van der Waals surface area contributed by atoms with Crippen LogP contribution in [0.1, 0.15) is 86.7 Å². The summed E-state index contributed by atoms with van der Waals surface area (Å²) in [6.07, 6.45) is 10.3. The molecule has 3 heterocycles. The predicted molar refractivity (Wildman–Crippen MR) is 188 cm³/mol. The first-order chi connectivity index (χ1) is 22.9. The summed E-state index contributed by atoms with van der Waals surface area (Å²) in [4.78, 5) is 31.0. The monoisotopic (exact) mass is 697 g/mol. The average Bonchev–Trinajstić information content (AvgIpc) is 3.57. The van der Waals surface area contributed by atoms with Crippen molar-refractivity contribution in [2.24, 2.45) is 17.8 Å². The highest BCUT2D eigenvalue weighted by atomic mass is 35.5. The molecule has 2 N–H and O–H groups in total. The average molecular weight is 698 g/mol. The fourth-order valence-electron chi connectivity index (χ4n) is 7.71. The van der Waals surface area contributed by atoms with Crippen molar-refractivity contribution in [3.8, 4) is 5.75 Å². The molecule has 1 saturated heterocycles. The molecule has 2 bridgehead atoms. The number of amides is 2. The number of nitrogens with zero attached hydrogens (tertiary/aromatic N) is 2. The number of aliphatic hydroxyl groups is 1. The van der Waals surface area contributed by atoms with Crippen molar-refractivity contribution in [1.29, 1.82) is 0 Å². The number of allylic oxidation sites excluding steroid dienone is 1. The lowest BCUT2D eigenvalue weighted by Crippen LogP contribution is -2.52. The van der Waals surface area contributed by atoms with Gasteiger partial charge in [0, 0.05) is 36.8 Å². The molecule has 2 aromatic rings. The van der Waals surface area contributed by atoms with Crippen LogP contribution >= 0.6 is 11.6 Å². The lowest BCUT2D eigenvalue weighted by molar-refractivity contribution is -0.138. The number of fused-ring (bicyclic) bond motifs is 3. The molecule has 0 unspecified atom stereocenters. The fraction of sp³-hybridized carbons (Fsp3) is 0.568. The molecule has 2 fully saturated rings. The second-order valence-corrected chi connectivity index (χ2v) is 16.8. The first-order valence-electron chi connectivity index (χ1n) is 17.5. The van der Waals surface area contributed by atoms with Gasteiger partial charge in [-0.15, -0.1) is 0 Å². The predicted octanol–water partition coefficient (Wildman–Crippen LogP) is 5.88.